The lowest BCUT2D eigenvalue weighted by Gasteiger charge is -2.10. The molecule has 1 aromatic heterocycles. The van der Waals surface area contributed by atoms with Gasteiger partial charge >= 0.3 is 0 Å². The molecular formula is C14H17NO4S. The number of furan rings is 1. The molecule has 0 saturated carbocycles. The summed E-state index contributed by atoms with van der Waals surface area (Å²) in [5.41, 5.74) is 1.61. The van der Waals surface area contributed by atoms with Gasteiger partial charge < -0.3 is 9.15 Å². The maximum atomic E-state index is 12.2. The monoisotopic (exact) mass is 295 g/mol. The van der Waals surface area contributed by atoms with E-state index in [1.54, 1.807) is 44.8 Å². The second-order valence-electron chi connectivity index (χ2n) is 4.41. The van der Waals surface area contributed by atoms with Crippen molar-refractivity contribution in [2.24, 2.45) is 0 Å². The standard InChI is InChI=1S/C14H17NO4S/c1-11-9-13(18-2)3-4-14(11)20(16,17)15-7-5-12-6-8-19-10-12/h3-4,6,8-10,15H,5,7H2,1-2H3. The average Bonchev–Trinajstić information content (AvgIpc) is 2.91. The van der Waals surface area contributed by atoms with Crippen LogP contribution < -0.4 is 9.46 Å². The predicted molar refractivity (Wildman–Crippen MR) is 75.3 cm³/mol. The van der Waals surface area contributed by atoms with E-state index in [0.29, 0.717) is 24.3 Å². The fraction of sp³-hybridized carbons (Fsp3) is 0.286. The Bertz CT molecular complexity index is 662. The van der Waals surface area contributed by atoms with Gasteiger partial charge in [0, 0.05) is 6.54 Å². The Morgan fingerprint density at radius 1 is 1.30 bits per heavy atom. The Labute approximate surface area is 118 Å². The molecule has 0 amide bonds. The Balaban J connectivity index is 2.06. The Morgan fingerprint density at radius 2 is 2.10 bits per heavy atom. The number of sulfonamides is 1. The van der Waals surface area contributed by atoms with Crippen LogP contribution in [0.2, 0.25) is 0 Å². The summed E-state index contributed by atoms with van der Waals surface area (Å²) in [6.45, 7) is 2.07. The molecular weight excluding hydrogens is 278 g/mol. The highest BCUT2D eigenvalue weighted by molar-refractivity contribution is 7.89. The molecule has 6 heteroatoms. The maximum Gasteiger partial charge on any atom is 0.240 e. The summed E-state index contributed by atoms with van der Waals surface area (Å²) in [5.74, 6) is 0.639. The van der Waals surface area contributed by atoms with E-state index in [-0.39, 0.29) is 4.90 Å². The van der Waals surface area contributed by atoms with Crippen molar-refractivity contribution in [1.29, 1.82) is 0 Å². The van der Waals surface area contributed by atoms with Crippen molar-refractivity contribution in [3.63, 3.8) is 0 Å². The fourth-order valence-electron chi connectivity index (χ4n) is 1.89. The number of hydrogen-bond acceptors (Lipinski definition) is 4. The van der Waals surface area contributed by atoms with E-state index in [4.69, 9.17) is 9.15 Å². The SMILES string of the molecule is COc1ccc(S(=O)(=O)NCCc2ccoc2)c(C)c1. The van der Waals surface area contributed by atoms with Gasteiger partial charge in [-0.15, -0.1) is 0 Å². The minimum atomic E-state index is -3.51. The topological polar surface area (TPSA) is 68.5 Å². The molecule has 108 valence electrons. The van der Waals surface area contributed by atoms with E-state index in [9.17, 15) is 8.42 Å². The smallest absolute Gasteiger partial charge is 0.240 e. The molecule has 20 heavy (non-hydrogen) atoms. The zero-order valence-corrected chi connectivity index (χ0v) is 12.2. The number of nitrogens with one attached hydrogen (secondary N) is 1. The van der Waals surface area contributed by atoms with E-state index < -0.39 is 10.0 Å². The molecule has 1 N–H and O–H groups in total. The van der Waals surface area contributed by atoms with Gasteiger partial charge in [-0.05, 0) is 48.7 Å². The minimum Gasteiger partial charge on any atom is -0.497 e. The number of ether oxygens (including phenoxy) is 1. The summed E-state index contributed by atoms with van der Waals surface area (Å²) < 4.78 is 37.0. The minimum absolute atomic E-state index is 0.269. The molecule has 0 radical (unpaired) electrons. The molecule has 0 atom stereocenters. The van der Waals surface area contributed by atoms with Crippen LogP contribution in [0.1, 0.15) is 11.1 Å². The molecule has 0 bridgehead atoms. The van der Waals surface area contributed by atoms with Crippen molar-refractivity contribution in [2.45, 2.75) is 18.2 Å². The number of methoxy groups -OCH3 is 1. The Hall–Kier alpha value is -1.79. The van der Waals surface area contributed by atoms with Crippen LogP contribution in [0, 0.1) is 6.92 Å². The van der Waals surface area contributed by atoms with Crippen LogP contribution in [0.25, 0.3) is 0 Å². The van der Waals surface area contributed by atoms with Crippen molar-refractivity contribution in [2.75, 3.05) is 13.7 Å². The summed E-state index contributed by atoms with van der Waals surface area (Å²) in [7, 11) is -1.96. The van der Waals surface area contributed by atoms with Crippen molar-refractivity contribution >= 4 is 10.0 Å². The third-order valence-electron chi connectivity index (χ3n) is 2.96. The maximum absolute atomic E-state index is 12.2. The van der Waals surface area contributed by atoms with Crippen LogP contribution in [-0.2, 0) is 16.4 Å². The summed E-state index contributed by atoms with van der Waals surface area (Å²) in [4.78, 5) is 0.269. The summed E-state index contributed by atoms with van der Waals surface area (Å²) in [6, 6.07) is 6.70. The third kappa shape index (κ3) is 3.40. The molecule has 2 aromatic rings. The van der Waals surface area contributed by atoms with E-state index in [2.05, 4.69) is 4.72 Å². The number of aryl methyl sites for hydroxylation is 1. The second kappa shape index (κ2) is 6.11. The predicted octanol–water partition coefficient (Wildman–Crippen LogP) is 2.12. The third-order valence-corrected chi connectivity index (χ3v) is 4.58. The molecule has 0 aliphatic rings. The lowest BCUT2D eigenvalue weighted by molar-refractivity contribution is 0.414. The average molecular weight is 295 g/mol. The molecule has 2 rings (SSSR count). The molecule has 0 spiro atoms. The van der Waals surface area contributed by atoms with Gasteiger partial charge in [-0.2, -0.15) is 0 Å². The van der Waals surface area contributed by atoms with Crippen LogP contribution >= 0.6 is 0 Å². The number of hydrogen-bond donors (Lipinski definition) is 1. The normalized spacial score (nSPS) is 11.5. The van der Waals surface area contributed by atoms with Gasteiger partial charge in [0.25, 0.3) is 0 Å². The van der Waals surface area contributed by atoms with Crippen molar-refractivity contribution in [1.82, 2.24) is 4.72 Å². The van der Waals surface area contributed by atoms with Crippen molar-refractivity contribution < 1.29 is 17.6 Å². The second-order valence-corrected chi connectivity index (χ2v) is 6.15. The first kappa shape index (κ1) is 14.6. The first-order valence-corrected chi connectivity index (χ1v) is 7.66. The summed E-state index contributed by atoms with van der Waals surface area (Å²) >= 11 is 0. The van der Waals surface area contributed by atoms with E-state index in [0.717, 1.165) is 5.56 Å². The van der Waals surface area contributed by atoms with Gasteiger partial charge in [0.05, 0.1) is 24.5 Å². The largest absolute Gasteiger partial charge is 0.497 e. The van der Waals surface area contributed by atoms with Crippen molar-refractivity contribution in [3.05, 3.63) is 47.9 Å². The highest BCUT2D eigenvalue weighted by atomic mass is 32.2. The molecule has 1 aromatic carbocycles. The summed E-state index contributed by atoms with van der Waals surface area (Å²) in [6.07, 6.45) is 3.76. The number of rotatable bonds is 6. The first-order chi connectivity index (χ1) is 9.53. The van der Waals surface area contributed by atoms with Gasteiger partial charge in [0.15, 0.2) is 0 Å². The lowest BCUT2D eigenvalue weighted by Crippen LogP contribution is -2.26. The fourth-order valence-corrected chi connectivity index (χ4v) is 3.15. The Morgan fingerprint density at radius 3 is 2.70 bits per heavy atom. The van der Waals surface area contributed by atoms with Crippen molar-refractivity contribution in [3.8, 4) is 5.75 Å². The van der Waals surface area contributed by atoms with Crippen LogP contribution in [0.4, 0.5) is 0 Å². The summed E-state index contributed by atoms with van der Waals surface area (Å²) in [5, 5.41) is 0. The lowest BCUT2D eigenvalue weighted by atomic mass is 10.2. The van der Waals surface area contributed by atoms with Gasteiger partial charge in [-0.25, -0.2) is 13.1 Å². The molecule has 5 nitrogen and oxygen atoms in total. The van der Waals surface area contributed by atoms with Crippen LogP contribution in [0.3, 0.4) is 0 Å². The van der Waals surface area contributed by atoms with E-state index >= 15 is 0 Å². The van der Waals surface area contributed by atoms with Gasteiger partial charge in [-0.1, -0.05) is 0 Å². The van der Waals surface area contributed by atoms with Crippen LogP contribution in [-0.4, -0.2) is 22.1 Å². The highest BCUT2D eigenvalue weighted by Crippen LogP contribution is 2.20. The number of benzene rings is 1. The molecule has 1 heterocycles. The van der Waals surface area contributed by atoms with Crippen LogP contribution in [0.15, 0.2) is 46.1 Å². The van der Waals surface area contributed by atoms with E-state index in [1.807, 2.05) is 6.07 Å². The van der Waals surface area contributed by atoms with Crippen LogP contribution in [0.5, 0.6) is 5.75 Å². The first-order valence-electron chi connectivity index (χ1n) is 6.18. The molecule has 0 fully saturated rings. The highest BCUT2D eigenvalue weighted by Gasteiger charge is 2.16. The molecule has 0 aliphatic heterocycles. The zero-order valence-electron chi connectivity index (χ0n) is 11.4. The molecule has 0 saturated heterocycles. The van der Waals surface area contributed by atoms with Gasteiger partial charge in [0.2, 0.25) is 10.0 Å². The molecule has 0 unspecified atom stereocenters. The Kier molecular flexibility index (Phi) is 4.46. The molecule has 0 aliphatic carbocycles. The quantitative estimate of drug-likeness (QED) is 0.886. The van der Waals surface area contributed by atoms with E-state index in [1.165, 1.54) is 0 Å². The van der Waals surface area contributed by atoms with Gasteiger partial charge in [0.1, 0.15) is 5.75 Å². The zero-order chi connectivity index (χ0) is 14.6. The van der Waals surface area contributed by atoms with Gasteiger partial charge in [-0.3, -0.25) is 0 Å².